The zero-order valence-corrected chi connectivity index (χ0v) is 18.7. The maximum atomic E-state index is 12.2. The normalized spacial score (nSPS) is 15.0. The maximum absolute atomic E-state index is 12.2. The topological polar surface area (TPSA) is 111 Å². The van der Waals surface area contributed by atoms with Crippen LogP contribution in [-0.2, 0) is 14.9 Å². The van der Waals surface area contributed by atoms with Gasteiger partial charge in [0.05, 0.1) is 23.0 Å². The summed E-state index contributed by atoms with van der Waals surface area (Å²) in [5, 5.41) is 4.96. The van der Waals surface area contributed by atoms with Crippen molar-refractivity contribution in [1.29, 1.82) is 0 Å². The Kier molecular flexibility index (Phi) is 5.79. The second-order valence-corrected chi connectivity index (χ2v) is 9.72. The van der Waals surface area contributed by atoms with Gasteiger partial charge in [0.25, 0.3) is 0 Å². The van der Waals surface area contributed by atoms with E-state index in [0.717, 1.165) is 27.4 Å². The Balaban J connectivity index is 1.80. The molecule has 3 aromatic rings. The van der Waals surface area contributed by atoms with E-state index in [1.165, 1.54) is 15.6 Å². The quantitative estimate of drug-likeness (QED) is 0.318. The number of aromatic nitrogens is 4. The highest BCUT2D eigenvalue weighted by Crippen LogP contribution is 2.35. The summed E-state index contributed by atoms with van der Waals surface area (Å²) in [6, 6.07) is 3.80. The van der Waals surface area contributed by atoms with E-state index in [9.17, 15) is 8.42 Å². The van der Waals surface area contributed by atoms with E-state index in [4.69, 9.17) is 9.82 Å². The van der Waals surface area contributed by atoms with Crippen LogP contribution >= 0.6 is 11.3 Å². The summed E-state index contributed by atoms with van der Waals surface area (Å²) in [5.74, 6) is 0.244. The fraction of sp³-hybridized carbons (Fsp3) is 0.250. The van der Waals surface area contributed by atoms with E-state index in [1.54, 1.807) is 24.7 Å². The molecule has 0 aliphatic carbocycles. The van der Waals surface area contributed by atoms with Gasteiger partial charge in [-0.2, -0.15) is 0 Å². The van der Waals surface area contributed by atoms with Crippen LogP contribution < -0.4 is 4.31 Å². The minimum absolute atomic E-state index is 0.223. The first kappa shape index (κ1) is 21.1. The van der Waals surface area contributed by atoms with Crippen molar-refractivity contribution in [2.24, 2.45) is 5.16 Å². The summed E-state index contributed by atoms with van der Waals surface area (Å²) < 4.78 is 25.7. The van der Waals surface area contributed by atoms with Crippen molar-refractivity contribution in [2.75, 3.05) is 23.7 Å². The minimum Gasteiger partial charge on any atom is -0.391 e. The number of thiazole rings is 1. The lowest BCUT2D eigenvalue weighted by atomic mass is 10.1. The number of hydrogen-bond acceptors (Lipinski definition) is 9. The van der Waals surface area contributed by atoms with Crippen molar-refractivity contribution in [3.63, 3.8) is 0 Å². The highest BCUT2D eigenvalue weighted by Gasteiger charge is 2.31. The fourth-order valence-electron chi connectivity index (χ4n) is 3.13. The zero-order valence-electron chi connectivity index (χ0n) is 17.0. The largest absolute Gasteiger partial charge is 0.391 e. The van der Waals surface area contributed by atoms with Gasteiger partial charge in [-0.25, -0.2) is 23.4 Å². The fourth-order valence-corrected chi connectivity index (χ4v) is 5.01. The van der Waals surface area contributed by atoms with Gasteiger partial charge in [-0.3, -0.25) is 9.29 Å². The van der Waals surface area contributed by atoms with Crippen LogP contribution in [0.25, 0.3) is 21.1 Å². The van der Waals surface area contributed by atoms with Crippen LogP contribution in [-0.4, -0.2) is 53.5 Å². The van der Waals surface area contributed by atoms with Crippen LogP contribution in [0.1, 0.15) is 17.8 Å². The van der Waals surface area contributed by atoms with Crippen LogP contribution in [0.2, 0.25) is 0 Å². The van der Waals surface area contributed by atoms with Gasteiger partial charge in [-0.05, 0) is 19.1 Å². The predicted molar refractivity (Wildman–Crippen MR) is 121 cm³/mol. The van der Waals surface area contributed by atoms with Crippen LogP contribution in [0.4, 0.5) is 5.82 Å². The Morgan fingerprint density at radius 2 is 2.19 bits per heavy atom. The van der Waals surface area contributed by atoms with Gasteiger partial charge >= 0.3 is 0 Å². The molecular weight excluding hydrogens is 436 g/mol. The minimum atomic E-state index is -3.50. The van der Waals surface area contributed by atoms with E-state index in [1.807, 2.05) is 19.1 Å². The summed E-state index contributed by atoms with van der Waals surface area (Å²) in [7, 11) is -3.50. The molecule has 11 heteroatoms. The van der Waals surface area contributed by atoms with Gasteiger partial charge in [0.2, 0.25) is 10.0 Å². The van der Waals surface area contributed by atoms with E-state index < -0.39 is 10.0 Å². The number of hydrogen-bond donors (Lipinski definition) is 0. The third-order valence-electron chi connectivity index (χ3n) is 4.52. The number of fused-ring (bicyclic) bond motifs is 1. The Bertz CT molecular complexity index is 1260. The zero-order chi connectivity index (χ0) is 22.0. The van der Waals surface area contributed by atoms with Crippen molar-refractivity contribution in [3.8, 4) is 21.1 Å². The first-order valence-electron chi connectivity index (χ1n) is 9.41. The number of nitrogens with zero attached hydrogens (tertiary/aromatic N) is 6. The smallest absolute Gasteiger partial charge is 0.233 e. The standard InChI is InChI=1S/C20H20N6O3S2/c1-4-10-29-25-15-7-9-26(31(3,27)28)19-17(15)24-16(12-22-19)18-13(2)23-20(30-18)14-6-5-8-21-11-14/h4-6,8,11-12H,1,7,9-10H2,2-3H3. The van der Waals surface area contributed by atoms with Crippen LogP contribution in [0.15, 0.2) is 48.5 Å². The van der Waals surface area contributed by atoms with Gasteiger partial charge < -0.3 is 4.84 Å². The SMILES string of the molecule is C=CCON=C1CCN(S(C)(=O)=O)c2ncc(-c3sc(-c4cccnc4)nc3C)nc21. The monoisotopic (exact) mass is 456 g/mol. The van der Waals surface area contributed by atoms with Gasteiger partial charge in [0.15, 0.2) is 5.82 Å². The first-order valence-corrected chi connectivity index (χ1v) is 12.1. The second kappa shape index (κ2) is 8.52. The van der Waals surface area contributed by atoms with Crippen molar-refractivity contribution in [1.82, 2.24) is 19.9 Å². The number of aryl methyl sites for hydroxylation is 1. The van der Waals surface area contributed by atoms with Crippen molar-refractivity contribution < 1.29 is 13.3 Å². The van der Waals surface area contributed by atoms with Crippen LogP contribution in [0, 0.1) is 6.92 Å². The molecule has 0 unspecified atom stereocenters. The molecule has 0 aromatic carbocycles. The summed E-state index contributed by atoms with van der Waals surface area (Å²) in [5.41, 5.74) is 3.23. The second-order valence-electron chi connectivity index (χ2n) is 6.81. The Hall–Kier alpha value is -3.18. The van der Waals surface area contributed by atoms with Gasteiger partial charge in [-0.1, -0.05) is 17.8 Å². The van der Waals surface area contributed by atoms with Crippen molar-refractivity contribution in [2.45, 2.75) is 13.3 Å². The Morgan fingerprint density at radius 1 is 1.35 bits per heavy atom. The van der Waals surface area contributed by atoms with E-state index in [-0.39, 0.29) is 19.0 Å². The molecule has 4 rings (SSSR count). The molecule has 0 saturated carbocycles. The van der Waals surface area contributed by atoms with Crippen molar-refractivity contribution >= 4 is 32.9 Å². The molecule has 31 heavy (non-hydrogen) atoms. The number of anilines is 1. The highest BCUT2D eigenvalue weighted by atomic mass is 32.2. The Morgan fingerprint density at radius 3 is 2.90 bits per heavy atom. The molecule has 9 nitrogen and oxygen atoms in total. The number of sulfonamides is 1. The molecule has 1 aliphatic heterocycles. The first-order chi connectivity index (χ1) is 14.9. The summed E-state index contributed by atoms with van der Waals surface area (Å²) in [6.07, 6.45) is 8.13. The summed E-state index contributed by atoms with van der Waals surface area (Å²) >= 11 is 1.48. The molecule has 3 aromatic heterocycles. The van der Waals surface area contributed by atoms with Crippen LogP contribution in [0.3, 0.4) is 0 Å². The lowest BCUT2D eigenvalue weighted by Crippen LogP contribution is -2.38. The predicted octanol–water partition coefficient (Wildman–Crippen LogP) is 3.05. The van der Waals surface area contributed by atoms with E-state index >= 15 is 0 Å². The molecule has 0 atom stereocenters. The molecule has 0 spiro atoms. The van der Waals surface area contributed by atoms with Crippen LogP contribution in [0.5, 0.6) is 0 Å². The van der Waals surface area contributed by atoms with Gasteiger partial charge in [-0.15, -0.1) is 11.3 Å². The average molecular weight is 457 g/mol. The van der Waals surface area contributed by atoms with Gasteiger partial charge in [0, 0.05) is 30.9 Å². The molecule has 0 amide bonds. The Labute approximate surface area is 184 Å². The maximum Gasteiger partial charge on any atom is 0.233 e. The lowest BCUT2D eigenvalue weighted by molar-refractivity contribution is 0.174. The highest BCUT2D eigenvalue weighted by molar-refractivity contribution is 7.92. The van der Waals surface area contributed by atoms with Crippen molar-refractivity contribution in [3.05, 3.63) is 54.8 Å². The number of oxime groups is 1. The molecule has 1 aliphatic rings. The van der Waals surface area contributed by atoms with E-state index in [0.29, 0.717) is 23.5 Å². The lowest BCUT2D eigenvalue weighted by Gasteiger charge is -2.27. The molecule has 0 N–H and O–H groups in total. The number of rotatable bonds is 6. The number of pyridine rings is 1. The van der Waals surface area contributed by atoms with Gasteiger partial charge in [0.1, 0.15) is 28.7 Å². The van der Waals surface area contributed by atoms with E-state index in [2.05, 4.69) is 26.7 Å². The third kappa shape index (κ3) is 4.32. The average Bonchev–Trinajstić information content (AvgIpc) is 3.15. The molecule has 0 fully saturated rings. The molecule has 4 heterocycles. The molecule has 160 valence electrons. The summed E-state index contributed by atoms with van der Waals surface area (Å²) in [4.78, 5) is 24.0. The molecule has 0 bridgehead atoms. The molecular formula is C20H20N6O3S2. The molecule has 0 radical (unpaired) electrons. The third-order valence-corrected chi connectivity index (χ3v) is 6.90. The summed E-state index contributed by atoms with van der Waals surface area (Å²) in [6.45, 7) is 5.97. The molecule has 0 saturated heterocycles.